The molecule has 1 heterocycles. The summed E-state index contributed by atoms with van der Waals surface area (Å²) in [4.78, 5) is 17.9. The molecule has 0 atom stereocenters. The van der Waals surface area contributed by atoms with E-state index in [-0.39, 0.29) is 5.82 Å². The zero-order chi connectivity index (χ0) is 10.8. The average molecular weight is 197 g/mol. The van der Waals surface area contributed by atoms with E-state index in [4.69, 9.17) is 5.11 Å². The van der Waals surface area contributed by atoms with Crippen molar-refractivity contribution in [3.05, 3.63) is 18.1 Å². The summed E-state index contributed by atoms with van der Waals surface area (Å²) >= 11 is 0. The predicted octanol–water partition coefficient (Wildman–Crippen LogP) is 0.794. The molecule has 0 aliphatic rings. The van der Waals surface area contributed by atoms with E-state index in [9.17, 15) is 9.90 Å². The van der Waals surface area contributed by atoms with E-state index in [2.05, 4.69) is 9.97 Å². The number of nitrogens with one attached hydrogen (secondary N) is 1. The van der Waals surface area contributed by atoms with Crippen molar-refractivity contribution in [2.45, 2.75) is 19.4 Å². The number of nitrogens with zero attached hydrogens (tertiary/aromatic N) is 2. The van der Waals surface area contributed by atoms with Crippen molar-refractivity contribution in [2.24, 2.45) is 0 Å². The van der Waals surface area contributed by atoms with Crippen LogP contribution >= 0.6 is 0 Å². The third kappa shape index (κ3) is 2.67. The summed E-state index contributed by atoms with van der Waals surface area (Å²) in [7, 11) is 0. The number of hydrogen-bond acceptors (Lipinski definition) is 4. The summed E-state index contributed by atoms with van der Waals surface area (Å²) < 4.78 is 0. The van der Waals surface area contributed by atoms with Crippen LogP contribution in [0, 0.1) is 0 Å². The van der Waals surface area contributed by atoms with Gasteiger partial charge >= 0.3 is 6.09 Å². The third-order valence-corrected chi connectivity index (χ3v) is 1.51. The molecule has 0 spiro atoms. The van der Waals surface area contributed by atoms with E-state index >= 15 is 0 Å². The van der Waals surface area contributed by atoms with Gasteiger partial charge in [-0.05, 0) is 13.8 Å². The summed E-state index contributed by atoms with van der Waals surface area (Å²) in [5.74, 6) is 0.130. The van der Waals surface area contributed by atoms with Crippen LogP contribution in [-0.2, 0) is 5.60 Å². The monoisotopic (exact) mass is 197 g/mol. The molecule has 0 fully saturated rings. The second kappa shape index (κ2) is 3.59. The number of aliphatic hydroxyl groups is 1. The molecule has 0 saturated carbocycles. The molecule has 1 rings (SSSR count). The van der Waals surface area contributed by atoms with E-state index in [1.54, 1.807) is 13.8 Å². The number of rotatable bonds is 2. The first kappa shape index (κ1) is 10.4. The average Bonchev–Trinajstić information content (AvgIpc) is 2.02. The van der Waals surface area contributed by atoms with E-state index in [1.165, 1.54) is 12.4 Å². The molecule has 6 heteroatoms. The Bertz CT molecular complexity index is 329. The summed E-state index contributed by atoms with van der Waals surface area (Å²) in [6.45, 7) is 3.14. The number of carbonyl (C=O) groups is 1. The lowest BCUT2D eigenvalue weighted by molar-refractivity contribution is 0.0735. The lowest BCUT2D eigenvalue weighted by atomic mass is 10.1. The maximum Gasteiger partial charge on any atom is 0.410 e. The minimum atomic E-state index is -1.20. The Morgan fingerprint density at radius 2 is 2.07 bits per heavy atom. The van der Waals surface area contributed by atoms with E-state index in [1.807, 2.05) is 5.32 Å². The fourth-order valence-corrected chi connectivity index (χ4v) is 0.818. The molecular weight excluding hydrogens is 186 g/mol. The normalized spacial score (nSPS) is 11.1. The molecule has 1 aromatic rings. The van der Waals surface area contributed by atoms with Gasteiger partial charge in [0.1, 0.15) is 5.60 Å². The van der Waals surface area contributed by atoms with E-state index < -0.39 is 11.7 Å². The van der Waals surface area contributed by atoms with Crippen LogP contribution in [0.25, 0.3) is 0 Å². The molecule has 0 aliphatic carbocycles. The predicted molar refractivity (Wildman–Crippen MR) is 48.9 cm³/mol. The maximum atomic E-state index is 10.2. The van der Waals surface area contributed by atoms with Gasteiger partial charge in [-0.15, -0.1) is 0 Å². The van der Waals surface area contributed by atoms with Gasteiger partial charge in [-0.2, -0.15) is 0 Å². The van der Waals surface area contributed by atoms with Gasteiger partial charge in [0.15, 0.2) is 5.82 Å². The summed E-state index contributed by atoms with van der Waals surface area (Å²) in [6.07, 6.45) is 1.38. The first-order valence-corrected chi connectivity index (χ1v) is 3.94. The molecular formula is C8H11N3O3. The van der Waals surface area contributed by atoms with Gasteiger partial charge in [0, 0.05) is 0 Å². The molecule has 0 aliphatic heterocycles. The van der Waals surface area contributed by atoms with Crippen molar-refractivity contribution in [3.8, 4) is 0 Å². The molecule has 0 bridgehead atoms. The molecule has 76 valence electrons. The van der Waals surface area contributed by atoms with Gasteiger partial charge in [0.25, 0.3) is 0 Å². The smallest absolute Gasteiger partial charge is 0.410 e. The topological polar surface area (TPSA) is 95.3 Å². The van der Waals surface area contributed by atoms with Crippen molar-refractivity contribution < 1.29 is 15.0 Å². The Labute approximate surface area is 80.6 Å². The Balaban J connectivity index is 2.84. The SMILES string of the molecule is CC(C)(O)c1cnc(NC(=O)O)cn1. The third-order valence-electron chi connectivity index (χ3n) is 1.51. The van der Waals surface area contributed by atoms with Gasteiger partial charge in [0.2, 0.25) is 0 Å². The van der Waals surface area contributed by atoms with Crippen molar-refractivity contribution in [1.82, 2.24) is 9.97 Å². The van der Waals surface area contributed by atoms with Crippen molar-refractivity contribution in [2.75, 3.05) is 5.32 Å². The minimum absolute atomic E-state index is 0.130. The molecule has 0 saturated heterocycles. The number of carboxylic acid groups (broad SMARTS) is 1. The summed E-state index contributed by atoms with van der Waals surface area (Å²) in [5.41, 5.74) is -0.692. The number of aromatic nitrogens is 2. The second-order valence-corrected chi connectivity index (χ2v) is 3.28. The fourth-order valence-electron chi connectivity index (χ4n) is 0.818. The van der Waals surface area contributed by atoms with Crippen LogP contribution in [0.5, 0.6) is 0 Å². The molecule has 0 aromatic carbocycles. The van der Waals surface area contributed by atoms with Gasteiger partial charge in [-0.25, -0.2) is 9.78 Å². The Morgan fingerprint density at radius 3 is 2.43 bits per heavy atom. The van der Waals surface area contributed by atoms with Crippen LogP contribution in [0.3, 0.4) is 0 Å². The van der Waals surface area contributed by atoms with E-state index in [0.717, 1.165) is 0 Å². The van der Waals surface area contributed by atoms with Crippen molar-refractivity contribution in [3.63, 3.8) is 0 Å². The van der Waals surface area contributed by atoms with Crippen molar-refractivity contribution >= 4 is 11.9 Å². The molecule has 1 aromatic heterocycles. The van der Waals surface area contributed by atoms with Gasteiger partial charge < -0.3 is 10.2 Å². The van der Waals surface area contributed by atoms with Gasteiger partial charge in [-0.1, -0.05) is 0 Å². The van der Waals surface area contributed by atoms with Crippen molar-refractivity contribution in [1.29, 1.82) is 0 Å². The lowest BCUT2D eigenvalue weighted by Crippen LogP contribution is -2.18. The highest BCUT2D eigenvalue weighted by Crippen LogP contribution is 2.16. The summed E-state index contributed by atoms with van der Waals surface area (Å²) in [6, 6.07) is 0. The number of hydrogen-bond donors (Lipinski definition) is 3. The largest absolute Gasteiger partial charge is 0.465 e. The van der Waals surface area contributed by atoms with Crippen LogP contribution in [-0.4, -0.2) is 26.3 Å². The molecule has 0 unspecified atom stereocenters. The highest BCUT2D eigenvalue weighted by Gasteiger charge is 2.17. The maximum absolute atomic E-state index is 10.2. The minimum Gasteiger partial charge on any atom is -0.465 e. The molecule has 3 N–H and O–H groups in total. The van der Waals surface area contributed by atoms with Crippen LogP contribution < -0.4 is 5.32 Å². The first-order chi connectivity index (χ1) is 6.39. The highest BCUT2D eigenvalue weighted by molar-refractivity contribution is 5.81. The lowest BCUT2D eigenvalue weighted by Gasteiger charge is -2.15. The molecule has 6 nitrogen and oxygen atoms in total. The zero-order valence-electron chi connectivity index (χ0n) is 7.85. The second-order valence-electron chi connectivity index (χ2n) is 3.28. The molecule has 1 amide bonds. The van der Waals surface area contributed by atoms with E-state index in [0.29, 0.717) is 5.69 Å². The molecule has 0 radical (unpaired) electrons. The van der Waals surface area contributed by atoms with Gasteiger partial charge in [0.05, 0.1) is 18.1 Å². The van der Waals surface area contributed by atoms with Crippen LogP contribution in [0.1, 0.15) is 19.5 Å². The Morgan fingerprint density at radius 1 is 1.43 bits per heavy atom. The highest BCUT2D eigenvalue weighted by atomic mass is 16.4. The standard InChI is InChI=1S/C8H11N3O3/c1-8(2,14)5-3-10-6(4-9-5)11-7(12)13/h3-4,14H,1-2H3,(H,10,11)(H,12,13). The fraction of sp³-hybridized carbons (Fsp3) is 0.375. The van der Waals surface area contributed by atoms with Crippen LogP contribution in [0.15, 0.2) is 12.4 Å². The Hall–Kier alpha value is -1.69. The number of anilines is 1. The quantitative estimate of drug-likeness (QED) is 0.651. The summed E-state index contributed by atoms with van der Waals surface area (Å²) in [5, 5.41) is 19.9. The molecule has 14 heavy (non-hydrogen) atoms. The zero-order valence-corrected chi connectivity index (χ0v) is 7.85. The van der Waals surface area contributed by atoms with Gasteiger partial charge in [-0.3, -0.25) is 10.3 Å². The van der Waals surface area contributed by atoms with Crippen LogP contribution in [0.2, 0.25) is 0 Å². The van der Waals surface area contributed by atoms with Crippen LogP contribution in [0.4, 0.5) is 10.6 Å². The number of amides is 1. The first-order valence-electron chi connectivity index (χ1n) is 3.94. The Kier molecular flexibility index (Phi) is 2.66.